The highest BCUT2D eigenvalue weighted by Gasteiger charge is 2.03. The van der Waals surface area contributed by atoms with E-state index < -0.39 is 0 Å². The molecule has 1 aromatic rings. The molecule has 1 amide bonds. The van der Waals surface area contributed by atoms with Crippen molar-refractivity contribution < 1.29 is 4.79 Å². The van der Waals surface area contributed by atoms with Gasteiger partial charge >= 0.3 is 0 Å². The van der Waals surface area contributed by atoms with Crippen LogP contribution in [0.3, 0.4) is 0 Å². The molecule has 3 N–H and O–H groups in total. The monoisotopic (exact) mass is 185 g/mol. The summed E-state index contributed by atoms with van der Waals surface area (Å²) in [5, 5.41) is 2.91. The van der Waals surface area contributed by atoms with Crippen molar-refractivity contribution in [3.8, 4) is 0 Å². The smallest absolute Gasteiger partial charge is 0.270 e. The molecule has 0 atom stereocenters. The highest BCUT2D eigenvalue weighted by atomic mass is 35.5. The molecule has 0 aliphatic carbocycles. The first-order chi connectivity index (χ1) is 5.74. The van der Waals surface area contributed by atoms with E-state index >= 15 is 0 Å². The number of carbonyl (C=O) groups is 1. The number of halogens is 1. The summed E-state index contributed by atoms with van der Waals surface area (Å²) in [5.41, 5.74) is 5.42. The van der Waals surface area contributed by atoms with Gasteiger partial charge in [0.05, 0.1) is 11.7 Å². The molecule has 64 valence electrons. The minimum Gasteiger partial charge on any atom is -0.338 e. The lowest BCUT2D eigenvalue weighted by atomic mass is 10.3. The molecule has 0 spiro atoms. The van der Waals surface area contributed by atoms with Crippen LogP contribution in [0.2, 0.25) is 5.02 Å². The minimum absolute atomic E-state index is 0.100. The molecule has 1 aromatic heterocycles. The van der Waals surface area contributed by atoms with E-state index in [0.29, 0.717) is 10.7 Å². The van der Waals surface area contributed by atoms with Gasteiger partial charge in [-0.05, 0) is 12.1 Å². The second kappa shape index (κ2) is 4.04. The lowest BCUT2D eigenvalue weighted by Crippen LogP contribution is -2.29. The Morgan fingerprint density at radius 3 is 2.92 bits per heavy atom. The summed E-state index contributed by atoms with van der Waals surface area (Å²) in [6.07, 6.45) is 1.41. The van der Waals surface area contributed by atoms with Crippen LogP contribution in [0.4, 0.5) is 0 Å². The zero-order valence-corrected chi connectivity index (χ0v) is 7.01. The number of nitrogens with one attached hydrogen (secondary N) is 1. The summed E-state index contributed by atoms with van der Waals surface area (Å²) in [6.45, 7) is 0.100. The van der Waals surface area contributed by atoms with E-state index in [1.54, 1.807) is 6.07 Å². The van der Waals surface area contributed by atoms with Crippen LogP contribution in [0.15, 0.2) is 18.3 Å². The number of hydrogen-bond acceptors (Lipinski definition) is 3. The van der Waals surface area contributed by atoms with E-state index in [-0.39, 0.29) is 12.6 Å². The Morgan fingerprint density at radius 2 is 2.42 bits per heavy atom. The lowest BCUT2D eigenvalue weighted by Gasteiger charge is -1.99. The van der Waals surface area contributed by atoms with E-state index in [4.69, 9.17) is 17.3 Å². The maximum atomic E-state index is 11.1. The van der Waals surface area contributed by atoms with Crippen molar-refractivity contribution in [3.63, 3.8) is 0 Å². The van der Waals surface area contributed by atoms with Gasteiger partial charge in [-0.2, -0.15) is 0 Å². The molecule has 12 heavy (non-hydrogen) atoms. The minimum atomic E-state index is -0.297. The Labute approximate surface area is 74.7 Å². The summed E-state index contributed by atoms with van der Waals surface area (Å²) in [4.78, 5) is 14.9. The predicted molar refractivity (Wildman–Crippen MR) is 45.8 cm³/mol. The molecule has 0 aliphatic rings. The lowest BCUT2D eigenvalue weighted by molar-refractivity contribution is 0.0950. The molecule has 0 bridgehead atoms. The third-order valence-corrected chi connectivity index (χ3v) is 1.45. The molecule has 1 heterocycles. The topological polar surface area (TPSA) is 68.0 Å². The van der Waals surface area contributed by atoms with Crippen LogP contribution < -0.4 is 11.1 Å². The number of pyridine rings is 1. The number of amides is 1. The predicted octanol–water partition coefficient (Wildman–Crippen LogP) is 0.381. The SMILES string of the molecule is NCNC(=O)c1ccc(Cl)cn1. The Kier molecular flexibility index (Phi) is 3.01. The molecule has 0 fully saturated rings. The van der Waals surface area contributed by atoms with Gasteiger partial charge in [0, 0.05) is 6.20 Å². The maximum absolute atomic E-state index is 11.1. The Morgan fingerprint density at radius 1 is 1.67 bits per heavy atom. The van der Waals surface area contributed by atoms with Gasteiger partial charge in [0.1, 0.15) is 5.69 Å². The summed E-state index contributed by atoms with van der Waals surface area (Å²) in [5.74, 6) is -0.297. The molecule has 0 aliphatic heterocycles. The van der Waals surface area contributed by atoms with Gasteiger partial charge in [-0.3, -0.25) is 4.79 Å². The molecule has 1 rings (SSSR count). The first kappa shape index (κ1) is 8.96. The van der Waals surface area contributed by atoms with Crippen LogP contribution in [0, 0.1) is 0 Å². The van der Waals surface area contributed by atoms with E-state index in [2.05, 4.69) is 10.3 Å². The molecular formula is C7H8ClN3O. The van der Waals surface area contributed by atoms with Gasteiger partial charge in [0.2, 0.25) is 0 Å². The van der Waals surface area contributed by atoms with Crippen molar-refractivity contribution in [2.45, 2.75) is 0 Å². The third-order valence-electron chi connectivity index (χ3n) is 1.22. The molecule has 0 radical (unpaired) electrons. The van der Waals surface area contributed by atoms with Gasteiger partial charge in [-0.1, -0.05) is 11.6 Å². The summed E-state index contributed by atoms with van der Waals surface area (Å²) in [6, 6.07) is 3.13. The first-order valence-corrected chi connectivity index (χ1v) is 3.71. The van der Waals surface area contributed by atoms with Crippen LogP contribution in [0.1, 0.15) is 10.5 Å². The molecule has 0 unspecified atom stereocenters. The Balaban J connectivity index is 2.75. The van der Waals surface area contributed by atoms with Gasteiger partial charge in [0.25, 0.3) is 5.91 Å². The zero-order valence-electron chi connectivity index (χ0n) is 6.25. The Bertz CT molecular complexity index is 272. The largest absolute Gasteiger partial charge is 0.338 e. The van der Waals surface area contributed by atoms with Crippen LogP contribution in [0.25, 0.3) is 0 Å². The molecule has 0 saturated carbocycles. The van der Waals surface area contributed by atoms with E-state index in [1.165, 1.54) is 12.3 Å². The Hall–Kier alpha value is -1.13. The van der Waals surface area contributed by atoms with E-state index in [0.717, 1.165) is 0 Å². The second-order valence-corrected chi connectivity index (χ2v) is 2.51. The van der Waals surface area contributed by atoms with Crippen LogP contribution >= 0.6 is 11.6 Å². The second-order valence-electron chi connectivity index (χ2n) is 2.07. The number of carbonyl (C=O) groups excluding carboxylic acids is 1. The fourth-order valence-electron chi connectivity index (χ4n) is 0.693. The van der Waals surface area contributed by atoms with Crippen molar-refractivity contribution in [3.05, 3.63) is 29.0 Å². The highest BCUT2D eigenvalue weighted by molar-refractivity contribution is 6.30. The number of nitrogens with two attached hydrogens (primary N) is 1. The molecule has 5 heteroatoms. The van der Waals surface area contributed by atoms with Crippen LogP contribution in [-0.4, -0.2) is 17.6 Å². The molecule has 0 saturated heterocycles. The number of hydrogen-bond donors (Lipinski definition) is 2. The van der Waals surface area contributed by atoms with Crippen molar-refractivity contribution in [2.24, 2.45) is 5.73 Å². The fraction of sp³-hybridized carbons (Fsp3) is 0.143. The number of nitrogens with zero attached hydrogens (tertiary/aromatic N) is 1. The fourth-order valence-corrected chi connectivity index (χ4v) is 0.805. The van der Waals surface area contributed by atoms with E-state index in [1.807, 2.05) is 0 Å². The normalized spacial score (nSPS) is 9.50. The van der Waals surface area contributed by atoms with Gasteiger partial charge < -0.3 is 11.1 Å². The van der Waals surface area contributed by atoms with Crippen molar-refractivity contribution in [2.75, 3.05) is 6.67 Å². The van der Waals surface area contributed by atoms with Crippen LogP contribution in [0.5, 0.6) is 0 Å². The zero-order chi connectivity index (χ0) is 8.97. The number of rotatable bonds is 2. The van der Waals surface area contributed by atoms with Crippen molar-refractivity contribution >= 4 is 17.5 Å². The maximum Gasteiger partial charge on any atom is 0.270 e. The third kappa shape index (κ3) is 2.18. The van der Waals surface area contributed by atoms with Gasteiger partial charge in [0.15, 0.2) is 0 Å². The average molecular weight is 186 g/mol. The molecular weight excluding hydrogens is 178 g/mol. The van der Waals surface area contributed by atoms with Gasteiger partial charge in [-0.25, -0.2) is 4.98 Å². The van der Waals surface area contributed by atoms with Crippen LogP contribution in [-0.2, 0) is 0 Å². The quantitative estimate of drug-likeness (QED) is 0.655. The van der Waals surface area contributed by atoms with Gasteiger partial charge in [-0.15, -0.1) is 0 Å². The van der Waals surface area contributed by atoms with Crippen molar-refractivity contribution in [1.82, 2.24) is 10.3 Å². The number of aromatic nitrogens is 1. The van der Waals surface area contributed by atoms with E-state index in [9.17, 15) is 4.79 Å². The first-order valence-electron chi connectivity index (χ1n) is 3.34. The summed E-state index contributed by atoms with van der Waals surface area (Å²) < 4.78 is 0. The van der Waals surface area contributed by atoms with Crippen molar-refractivity contribution in [1.29, 1.82) is 0 Å². The molecule has 4 nitrogen and oxygen atoms in total. The highest BCUT2D eigenvalue weighted by Crippen LogP contribution is 2.05. The summed E-state index contributed by atoms with van der Waals surface area (Å²) >= 11 is 5.57. The standard InChI is InChI=1S/C7H8ClN3O/c8-5-1-2-6(10-3-5)7(12)11-4-9/h1-3H,4,9H2,(H,11,12). The summed E-state index contributed by atoms with van der Waals surface area (Å²) in [7, 11) is 0. The molecule has 0 aromatic carbocycles. The average Bonchev–Trinajstić information content (AvgIpc) is 2.06.